The SMILES string of the molecule is CNC(=O)c1ccc(B2CC(C)(C)C(C)(C)O2)cc1. The van der Waals surface area contributed by atoms with Crippen LogP contribution in [0.2, 0.25) is 6.32 Å². The van der Waals surface area contributed by atoms with Crippen molar-refractivity contribution >= 4 is 18.3 Å². The van der Waals surface area contributed by atoms with E-state index in [-0.39, 0.29) is 23.8 Å². The van der Waals surface area contributed by atoms with Crippen molar-refractivity contribution in [2.75, 3.05) is 7.05 Å². The molecule has 0 bridgehead atoms. The highest BCUT2D eigenvalue weighted by Crippen LogP contribution is 2.44. The van der Waals surface area contributed by atoms with Crippen LogP contribution in [-0.2, 0) is 4.65 Å². The topological polar surface area (TPSA) is 38.3 Å². The van der Waals surface area contributed by atoms with Crippen LogP contribution in [0.1, 0.15) is 38.1 Å². The summed E-state index contributed by atoms with van der Waals surface area (Å²) in [5, 5.41) is 2.63. The molecule has 102 valence electrons. The first-order chi connectivity index (χ1) is 8.77. The van der Waals surface area contributed by atoms with E-state index in [2.05, 4.69) is 33.0 Å². The Balaban J connectivity index is 2.19. The molecule has 4 heteroatoms. The van der Waals surface area contributed by atoms with E-state index in [1.807, 2.05) is 24.3 Å². The van der Waals surface area contributed by atoms with Crippen LogP contribution in [0.5, 0.6) is 0 Å². The van der Waals surface area contributed by atoms with Crippen LogP contribution >= 0.6 is 0 Å². The molecule has 0 unspecified atom stereocenters. The number of carbonyl (C=O) groups excluding carboxylic acids is 1. The Labute approximate surface area is 115 Å². The second kappa shape index (κ2) is 4.67. The third-order valence-electron chi connectivity index (χ3n) is 4.53. The predicted molar refractivity (Wildman–Crippen MR) is 79.0 cm³/mol. The van der Waals surface area contributed by atoms with E-state index in [9.17, 15) is 4.79 Å². The summed E-state index contributed by atoms with van der Waals surface area (Å²) in [7, 11) is 1.64. The Morgan fingerprint density at radius 2 is 1.79 bits per heavy atom. The normalized spacial score (nSPS) is 20.4. The molecule has 1 heterocycles. The lowest BCUT2D eigenvalue weighted by atomic mass is 9.54. The first kappa shape index (κ1) is 14.1. The van der Waals surface area contributed by atoms with Crippen LogP contribution in [0.15, 0.2) is 24.3 Å². The second-order valence-electron chi connectivity index (χ2n) is 6.41. The Bertz CT molecular complexity index is 463. The van der Waals surface area contributed by atoms with E-state index < -0.39 is 0 Å². The fourth-order valence-electron chi connectivity index (χ4n) is 2.45. The standard InChI is InChI=1S/C15H22BNO2/c1-14(2)10-16(19-15(14,3)4)12-8-6-11(7-9-12)13(18)17-5/h6-9H,10H2,1-5H3,(H,17,18). The first-order valence-electron chi connectivity index (χ1n) is 6.77. The largest absolute Gasteiger partial charge is 0.426 e. The van der Waals surface area contributed by atoms with Crippen LogP contribution in [0.3, 0.4) is 0 Å². The van der Waals surface area contributed by atoms with Crippen molar-refractivity contribution in [2.45, 2.75) is 39.6 Å². The summed E-state index contributed by atoms with van der Waals surface area (Å²) in [5.41, 5.74) is 1.85. The fraction of sp³-hybridized carbons (Fsp3) is 0.533. The molecule has 1 saturated heterocycles. The molecule has 0 atom stereocenters. The molecular formula is C15H22BNO2. The summed E-state index contributed by atoms with van der Waals surface area (Å²) >= 11 is 0. The van der Waals surface area contributed by atoms with Crippen LogP contribution in [-0.4, -0.2) is 25.5 Å². The number of rotatable bonds is 2. The van der Waals surface area contributed by atoms with Gasteiger partial charge in [-0.2, -0.15) is 0 Å². The molecule has 3 nitrogen and oxygen atoms in total. The maximum absolute atomic E-state index is 11.5. The van der Waals surface area contributed by atoms with Gasteiger partial charge < -0.3 is 9.97 Å². The van der Waals surface area contributed by atoms with Gasteiger partial charge in [0.15, 0.2) is 0 Å². The van der Waals surface area contributed by atoms with E-state index in [4.69, 9.17) is 4.65 Å². The highest BCUT2D eigenvalue weighted by atomic mass is 16.5. The molecule has 19 heavy (non-hydrogen) atoms. The molecule has 1 aromatic carbocycles. The molecule has 1 aliphatic rings. The highest BCUT2D eigenvalue weighted by Gasteiger charge is 2.49. The molecule has 0 radical (unpaired) electrons. The van der Waals surface area contributed by atoms with Gasteiger partial charge in [-0.1, -0.05) is 26.0 Å². The van der Waals surface area contributed by atoms with E-state index in [1.54, 1.807) is 7.05 Å². The quantitative estimate of drug-likeness (QED) is 0.826. The van der Waals surface area contributed by atoms with Crippen molar-refractivity contribution in [1.82, 2.24) is 5.32 Å². The van der Waals surface area contributed by atoms with Gasteiger partial charge in [-0.25, -0.2) is 0 Å². The smallest absolute Gasteiger partial charge is 0.327 e. The van der Waals surface area contributed by atoms with Gasteiger partial charge in [-0.15, -0.1) is 0 Å². The molecule has 0 aliphatic carbocycles. The van der Waals surface area contributed by atoms with E-state index >= 15 is 0 Å². The number of amides is 1. The molecule has 1 amide bonds. The fourth-order valence-corrected chi connectivity index (χ4v) is 2.45. The van der Waals surface area contributed by atoms with Crippen molar-refractivity contribution in [3.63, 3.8) is 0 Å². The van der Waals surface area contributed by atoms with Crippen molar-refractivity contribution in [3.05, 3.63) is 29.8 Å². The number of hydrogen-bond acceptors (Lipinski definition) is 2. The summed E-state index contributed by atoms with van der Waals surface area (Å²) in [6.07, 6.45) is 0.999. The van der Waals surface area contributed by atoms with Gasteiger partial charge in [-0.3, -0.25) is 4.79 Å². The zero-order chi connectivity index (χ0) is 14.3. The molecule has 0 aromatic heterocycles. The number of carbonyl (C=O) groups is 1. The van der Waals surface area contributed by atoms with Gasteiger partial charge in [-0.05, 0) is 43.2 Å². The molecule has 1 aromatic rings. The summed E-state index contributed by atoms with van der Waals surface area (Å²) in [5.74, 6) is -0.0560. The third kappa shape index (κ3) is 2.54. The van der Waals surface area contributed by atoms with Crippen LogP contribution in [0.25, 0.3) is 0 Å². The molecule has 1 fully saturated rings. The highest BCUT2D eigenvalue weighted by molar-refractivity contribution is 6.68. The number of nitrogens with one attached hydrogen (secondary N) is 1. The number of hydrogen-bond donors (Lipinski definition) is 1. The van der Waals surface area contributed by atoms with Gasteiger partial charge in [0.1, 0.15) is 0 Å². The average Bonchev–Trinajstić information content (AvgIpc) is 2.58. The Morgan fingerprint density at radius 1 is 1.21 bits per heavy atom. The lowest BCUT2D eigenvalue weighted by Gasteiger charge is -2.34. The van der Waals surface area contributed by atoms with E-state index in [0.29, 0.717) is 5.56 Å². The predicted octanol–water partition coefficient (Wildman–Crippen LogP) is 2.08. The number of benzene rings is 1. The van der Waals surface area contributed by atoms with Gasteiger partial charge >= 0.3 is 6.92 Å². The Morgan fingerprint density at radius 3 is 2.21 bits per heavy atom. The zero-order valence-electron chi connectivity index (χ0n) is 12.4. The van der Waals surface area contributed by atoms with Gasteiger partial charge in [0, 0.05) is 12.6 Å². The summed E-state index contributed by atoms with van der Waals surface area (Å²) < 4.78 is 6.18. The molecule has 0 saturated carbocycles. The lowest BCUT2D eigenvalue weighted by molar-refractivity contribution is 0.0375. The van der Waals surface area contributed by atoms with Crippen molar-refractivity contribution in [1.29, 1.82) is 0 Å². The van der Waals surface area contributed by atoms with Crippen LogP contribution in [0, 0.1) is 5.41 Å². The molecular weight excluding hydrogens is 237 g/mol. The maximum atomic E-state index is 11.5. The van der Waals surface area contributed by atoms with Crippen LogP contribution in [0.4, 0.5) is 0 Å². The zero-order valence-corrected chi connectivity index (χ0v) is 12.4. The van der Waals surface area contributed by atoms with Crippen LogP contribution < -0.4 is 10.8 Å². The lowest BCUT2D eigenvalue weighted by Crippen LogP contribution is -2.36. The van der Waals surface area contributed by atoms with Crippen molar-refractivity contribution in [2.24, 2.45) is 5.41 Å². The Kier molecular flexibility index (Phi) is 3.48. The van der Waals surface area contributed by atoms with Crippen molar-refractivity contribution in [3.8, 4) is 0 Å². The summed E-state index contributed by atoms with van der Waals surface area (Å²) in [4.78, 5) is 11.5. The van der Waals surface area contributed by atoms with Crippen molar-refractivity contribution < 1.29 is 9.45 Å². The average molecular weight is 259 g/mol. The maximum Gasteiger partial charge on any atom is 0.327 e. The van der Waals surface area contributed by atoms with E-state index in [0.717, 1.165) is 11.8 Å². The first-order valence-corrected chi connectivity index (χ1v) is 6.77. The minimum Gasteiger partial charge on any atom is -0.426 e. The second-order valence-corrected chi connectivity index (χ2v) is 6.41. The molecule has 0 spiro atoms. The minimum atomic E-state index is -0.128. The monoisotopic (exact) mass is 259 g/mol. The van der Waals surface area contributed by atoms with Gasteiger partial charge in [0.25, 0.3) is 5.91 Å². The Hall–Kier alpha value is -1.29. The molecule has 1 N–H and O–H groups in total. The van der Waals surface area contributed by atoms with Gasteiger partial charge in [0.2, 0.25) is 0 Å². The van der Waals surface area contributed by atoms with Gasteiger partial charge in [0.05, 0.1) is 5.60 Å². The third-order valence-corrected chi connectivity index (χ3v) is 4.53. The summed E-state index contributed by atoms with van der Waals surface area (Å²) in [6, 6.07) is 7.70. The molecule has 1 aliphatic heterocycles. The minimum absolute atomic E-state index is 0.0560. The summed E-state index contributed by atoms with van der Waals surface area (Å²) in [6.45, 7) is 8.89. The molecule has 2 rings (SSSR count). The van der Waals surface area contributed by atoms with E-state index in [1.165, 1.54) is 0 Å².